The molecule has 0 N–H and O–H groups in total. The lowest BCUT2D eigenvalue weighted by Crippen LogP contribution is -2.46. The van der Waals surface area contributed by atoms with Crippen molar-refractivity contribution in [2.24, 2.45) is 23.2 Å². The molecule has 0 spiro atoms. The fourth-order valence-electron chi connectivity index (χ4n) is 9.08. The van der Waals surface area contributed by atoms with Crippen LogP contribution in [0.2, 0.25) is 0 Å². The molecule has 0 radical (unpaired) electrons. The molecule has 2 fully saturated rings. The Kier molecular flexibility index (Phi) is 12.1. The van der Waals surface area contributed by atoms with Crippen molar-refractivity contribution in [2.45, 2.75) is 129 Å². The minimum absolute atomic E-state index is 0.141. The van der Waals surface area contributed by atoms with Gasteiger partial charge in [-0.25, -0.2) is 4.79 Å². The molecule has 0 aromatic heterocycles. The van der Waals surface area contributed by atoms with E-state index in [1.807, 2.05) is 36.2 Å². The molecule has 3 unspecified atom stereocenters. The van der Waals surface area contributed by atoms with Crippen molar-refractivity contribution in [2.75, 3.05) is 13.6 Å². The van der Waals surface area contributed by atoms with Gasteiger partial charge in [0.05, 0.1) is 5.56 Å². The zero-order chi connectivity index (χ0) is 32.5. The Morgan fingerprint density at radius 3 is 2.37 bits per heavy atom. The van der Waals surface area contributed by atoms with E-state index in [1.165, 1.54) is 56.1 Å². The first-order chi connectivity index (χ1) is 22.3. The van der Waals surface area contributed by atoms with E-state index in [2.05, 4.69) is 26.0 Å². The van der Waals surface area contributed by atoms with E-state index >= 15 is 0 Å². The summed E-state index contributed by atoms with van der Waals surface area (Å²) in [4.78, 5) is 40.0. The number of ketones is 1. The van der Waals surface area contributed by atoms with Crippen LogP contribution < -0.4 is 4.74 Å². The molecule has 5 heteroatoms. The number of hydrogen-bond acceptors (Lipinski definition) is 4. The number of esters is 1. The summed E-state index contributed by atoms with van der Waals surface area (Å²) in [5.41, 5.74) is 3.19. The van der Waals surface area contributed by atoms with E-state index in [4.69, 9.17) is 4.74 Å². The van der Waals surface area contributed by atoms with E-state index in [9.17, 15) is 14.4 Å². The van der Waals surface area contributed by atoms with E-state index in [0.29, 0.717) is 53.1 Å². The number of hydrogen-bond donors (Lipinski definition) is 0. The number of rotatable bonds is 16. The van der Waals surface area contributed by atoms with Crippen LogP contribution in [0, 0.1) is 23.2 Å². The van der Waals surface area contributed by atoms with E-state index in [1.54, 1.807) is 12.1 Å². The molecule has 5 nitrogen and oxygen atoms in total. The Balaban J connectivity index is 1.13. The lowest BCUT2D eigenvalue weighted by molar-refractivity contribution is -0.130. The number of ether oxygens (including phenoxy) is 1. The minimum atomic E-state index is -0.313. The molecule has 3 aliphatic rings. The van der Waals surface area contributed by atoms with Crippen molar-refractivity contribution in [1.82, 2.24) is 4.90 Å². The Labute approximate surface area is 277 Å². The monoisotopic (exact) mass is 627 g/mol. The van der Waals surface area contributed by atoms with Crippen molar-refractivity contribution in [3.8, 4) is 5.75 Å². The van der Waals surface area contributed by atoms with Gasteiger partial charge in [0.1, 0.15) is 11.5 Å². The zero-order valence-electron chi connectivity index (χ0n) is 28.7. The van der Waals surface area contributed by atoms with Gasteiger partial charge in [0, 0.05) is 31.8 Å². The number of unbranched alkanes of at least 4 members (excludes halogenated alkanes) is 8. The predicted molar refractivity (Wildman–Crippen MR) is 185 cm³/mol. The van der Waals surface area contributed by atoms with Crippen LogP contribution in [0.25, 0.3) is 0 Å². The molecule has 1 amide bonds. The summed E-state index contributed by atoms with van der Waals surface area (Å²) in [6.07, 6.45) is 18.7. The maximum atomic E-state index is 13.1. The molecular weight excluding hydrogens is 570 g/mol. The van der Waals surface area contributed by atoms with Gasteiger partial charge >= 0.3 is 5.97 Å². The van der Waals surface area contributed by atoms with Crippen molar-refractivity contribution >= 4 is 17.7 Å². The molecule has 2 saturated carbocycles. The molecule has 46 heavy (non-hydrogen) atoms. The second-order valence-electron chi connectivity index (χ2n) is 14.8. The molecule has 5 rings (SSSR count). The molecule has 3 aliphatic carbocycles. The van der Waals surface area contributed by atoms with Crippen molar-refractivity contribution in [1.29, 1.82) is 0 Å². The van der Waals surface area contributed by atoms with Gasteiger partial charge in [0.15, 0.2) is 0 Å². The van der Waals surface area contributed by atoms with Crippen LogP contribution in [0.4, 0.5) is 0 Å². The lowest BCUT2D eigenvalue weighted by atomic mass is 9.52. The van der Waals surface area contributed by atoms with Crippen LogP contribution >= 0.6 is 0 Å². The third-order valence-electron chi connectivity index (χ3n) is 11.8. The van der Waals surface area contributed by atoms with Gasteiger partial charge in [-0.05, 0) is 104 Å². The molecule has 2 aromatic carbocycles. The minimum Gasteiger partial charge on any atom is -0.423 e. The van der Waals surface area contributed by atoms with Gasteiger partial charge in [-0.3, -0.25) is 9.59 Å². The van der Waals surface area contributed by atoms with Crippen LogP contribution in [0.5, 0.6) is 5.75 Å². The summed E-state index contributed by atoms with van der Waals surface area (Å²) >= 11 is 0. The number of benzene rings is 2. The molecule has 0 heterocycles. The van der Waals surface area contributed by atoms with Gasteiger partial charge in [-0.15, -0.1) is 0 Å². The largest absolute Gasteiger partial charge is 0.423 e. The highest BCUT2D eigenvalue weighted by molar-refractivity contribution is 5.91. The summed E-state index contributed by atoms with van der Waals surface area (Å²) in [6.45, 7) is 5.31. The fraction of sp³-hybridized carbons (Fsp3) is 0.634. The summed E-state index contributed by atoms with van der Waals surface area (Å²) in [5.74, 6) is 3.24. The number of carbonyl (C=O) groups is 3. The van der Waals surface area contributed by atoms with Crippen LogP contribution in [0.15, 0.2) is 48.5 Å². The van der Waals surface area contributed by atoms with Crippen LogP contribution in [0.3, 0.4) is 0 Å². The molecule has 5 atom stereocenters. The molecule has 0 bridgehead atoms. The van der Waals surface area contributed by atoms with Gasteiger partial charge in [-0.1, -0.05) is 89.5 Å². The van der Waals surface area contributed by atoms with Gasteiger partial charge < -0.3 is 9.64 Å². The Bertz CT molecular complexity index is 1320. The van der Waals surface area contributed by atoms with Crippen molar-refractivity contribution < 1.29 is 19.1 Å². The average Bonchev–Trinajstić information content (AvgIpc) is 3.37. The summed E-state index contributed by atoms with van der Waals surface area (Å²) in [5, 5.41) is 0. The Morgan fingerprint density at radius 2 is 1.63 bits per heavy atom. The van der Waals surface area contributed by atoms with E-state index in [-0.39, 0.29) is 11.4 Å². The smallest absolute Gasteiger partial charge is 0.343 e. The second-order valence-corrected chi connectivity index (χ2v) is 14.8. The SMILES string of the molecule is CCCCN(C)C(=O)CCCCCCCCCC[C@@H]1Cc2cc(OC(=O)c3ccccc3)ccc2C2CC[C@]3(C)C(=O)CCC3C21. The first-order valence-electron chi connectivity index (χ1n) is 18.5. The van der Waals surface area contributed by atoms with Crippen LogP contribution in [-0.2, 0) is 16.0 Å². The fourth-order valence-corrected chi connectivity index (χ4v) is 9.08. The predicted octanol–water partition coefficient (Wildman–Crippen LogP) is 9.72. The van der Waals surface area contributed by atoms with Gasteiger partial charge in [0.25, 0.3) is 0 Å². The Morgan fingerprint density at radius 1 is 0.913 bits per heavy atom. The van der Waals surface area contributed by atoms with Crippen molar-refractivity contribution in [3.63, 3.8) is 0 Å². The lowest BCUT2D eigenvalue weighted by Gasteiger charge is -2.51. The van der Waals surface area contributed by atoms with Crippen LogP contribution in [0.1, 0.15) is 144 Å². The average molecular weight is 628 g/mol. The second kappa shape index (κ2) is 16.2. The topological polar surface area (TPSA) is 63.7 Å². The normalized spacial score (nSPS) is 25.0. The quantitative estimate of drug-likeness (QED) is 0.106. The number of Topliss-reactive ketones (excluding diaryl/α,β-unsaturated/α-hetero) is 1. The summed E-state index contributed by atoms with van der Waals surface area (Å²) in [7, 11) is 1.94. The highest BCUT2D eigenvalue weighted by Crippen LogP contribution is 2.61. The third kappa shape index (κ3) is 8.12. The number of nitrogens with zero attached hydrogens (tertiary/aromatic N) is 1. The highest BCUT2D eigenvalue weighted by atomic mass is 16.5. The Hall–Kier alpha value is -2.95. The molecule has 250 valence electrons. The van der Waals surface area contributed by atoms with Crippen molar-refractivity contribution in [3.05, 3.63) is 65.2 Å². The summed E-state index contributed by atoms with van der Waals surface area (Å²) in [6, 6.07) is 15.5. The molecule has 0 saturated heterocycles. The van der Waals surface area contributed by atoms with Gasteiger partial charge in [0.2, 0.25) is 5.91 Å². The number of carbonyl (C=O) groups excluding carboxylic acids is 3. The standard InChI is InChI=1S/C41H57NO4/c1-4-5-27-42(3)38(44)20-16-11-9-7-6-8-10-13-19-31-28-32-29-33(46-40(45)30-17-14-12-15-18-30)21-22-34(32)35-25-26-41(2)36(39(31)35)23-24-37(41)43/h12,14-15,17-18,21-22,29,31,35-36,39H,4-11,13,16,19-20,23-28H2,1-3H3/t31-,35?,36?,39?,41+/m1/s1. The highest BCUT2D eigenvalue weighted by Gasteiger charge is 2.56. The maximum Gasteiger partial charge on any atom is 0.343 e. The number of fused-ring (bicyclic) bond motifs is 5. The maximum absolute atomic E-state index is 13.1. The molecule has 2 aromatic rings. The molecular formula is C41H57NO4. The molecule has 0 aliphatic heterocycles. The van der Waals surface area contributed by atoms with E-state index in [0.717, 1.165) is 64.3 Å². The van der Waals surface area contributed by atoms with Crippen LogP contribution in [-0.4, -0.2) is 36.2 Å². The zero-order valence-corrected chi connectivity index (χ0v) is 28.7. The summed E-state index contributed by atoms with van der Waals surface area (Å²) < 4.78 is 5.83. The first-order valence-corrected chi connectivity index (χ1v) is 18.5. The van der Waals surface area contributed by atoms with E-state index < -0.39 is 0 Å². The van der Waals surface area contributed by atoms with Gasteiger partial charge in [-0.2, -0.15) is 0 Å². The number of amides is 1. The third-order valence-corrected chi connectivity index (χ3v) is 11.8. The first kappa shape index (κ1) is 34.4.